The van der Waals surface area contributed by atoms with E-state index in [1.54, 1.807) is 0 Å². The number of benzene rings is 3. The molecule has 0 aliphatic rings. The molecule has 0 aliphatic heterocycles. The fourth-order valence-corrected chi connectivity index (χ4v) is 3.28. The third-order valence-electron chi connectivity index (χ3n) is 5.12. The molecular weight excluding hydrogens is 332 g/mol. The number of carbonyl (C=O) groups excluding carboxylic acids is 1. The molecule has 0 unspecified atom stereocenters. The van der Waals surface area contributed by atoms with Crippen molar-refractivity contribution in [3.05, 3.63) is 83.4 Å². The molecule has 0 N–H and O–H groups in total. The van der Waals surface area contributed by atoms with E-state index in [0.717, 1.165) is 19.3 Å². The molecule has 0 saturated heterocycles. The summed E-state index contributed by atoms with van der Waals surface area (Å²) in [5.41, 5.74) is 3.80. The highest BCUT2D eigenvalue weighted by molar-refractivity contribution is 5.84. The number of hydrogen-bond donors (Lipinski definition) is 0. The van der Waals surface area contributed by atoms with E-state index in [0.29, 0.717) is 6.61 Å². The molecule has 0 saturated carbocycles. The smallest absolute Gasteiger partial charge is 0.161 e. The van der Waals surface area contributed by atoms with Crippen molar-refractivity contribution in [2.24, 2.45) is 5.92 Å². The summed E-state index contributed by atoms with van der Waals surface area (Å²) in [7, 11) is 0. The molecule has 2 nitrogen and oxygen atoms in total. The van der Waals surface area contributed by atoms with Crippen molar-refractivity contribution < 1.29 is 9.53 Å². The molecule has 0 bridgehead atoms. The van der Waals surface area contributed by atoms with E-state index < -0.39 is 0 Å². The maximum absolute atomic E-state index is 12.4. The zero-order valence-corrected chi connectivity index (χ0v) is 16.3. The van der Waals surface area contributed by atoms with Crippen LogP contribution in [0.1, 0.15) is 30.5 Å². The summed E-state index contributed by atoms with van der Waals surface area (Å²) < 4.78 is 5.64. The van der Waals surface area contributed by atoms with Crippen LogP contribution in [0.25, 0.3) is 10.8 Å². The second-order valence-corrected chi connectivity index (χ2v) is 7.23. The van der Waals surface area contributed by atoms with Gasteiger partial charge < -0.3 is 4.74 Å². The number of rotatable bonds is 9. The predicted molar refractivity (Wildman–Crippen MR) is 112 cm³/mol. The maximum atomic E-state index is 12.4. The lowest BCUT2D eigenvalue weighted by Gasteiger charge is -2.12. The van der Waals surface area contributed by atoms with Crippen molar-refractivity contribution in [2.45, 2.75) is 33.1 Å². The fraction of sp³-hybridized carbons (Fsp3) is 0.320. The van der Waals surface area contributed by atoms with Gasteiger partial charge in [-0.25, -0.2) is 0 Å². The monoisotopic (exact) mass is 360 g/mol. The normalized spacial score (nSPS) is 12.2. The number of fused-ring (bicyclic) bond motifs is 1. The first-order valence-corrected chi connectivity index (χ1v) is 9.81. The van der Waals surface area contributed by atoms with Crippen LogP contribution >= 0.6 is 0 Å². The van der Waals surface area contributed by atoms with Gasteiger partial charge in [-0.15, -0.1) is 0 Å². The Balaban J connectivity index is 1.44. The zero-order chi connectivity index (χ0) is 19.1. The Hall–Kier alpha value is -2.45. The summed E-state index contributed by atoms with van der Waals surface area (Å²) in [4.78, 5) is 12.4. The van der Waals surface area contributed by atoms with Crippen LogP contribution in [-0.4, -0.2) is 19.0 Å². The third-order valence-corrected chi connectivity index (χ3v) is 5.12. The molecule has 0 heterocycles. The SMILES string of the molecule is CCc1ccc(CCOCC(=O)[C@H](C)Cc2ccc3ccccc3c2)cc1. The van der Waals surface area contributed by atoms with E-state index in [4.69, 9.17) is 4.74 Å². The molecule has 0 aliphatic carbocycles. The second-order valence-electron chi connectivity index (χ2n) is 7.23. The highest BCUT2D eigenvalue weighted by atomic mass is 16.5. The molecular formula is C25H28O2. The number of carbonyl (C=O) groups is 1. The van der Waals surface area contributed by atoms with Gasteiger partial charge in [-0.3, -0.25) is 4.79 Å². The number of hydrogen-bond acceptors (Lipinski definition) is 2. The largest absolute Gasteiger partial charge is 0.373 e. The molecule has 0 aromatic heterocycles. The minimum Gasteiger partial charge on any atom is -0.373 e. The maximum Gasteiger partial charge on any atom is 0.161 e. The summed E-state index contributed by atoms with van der Waals surface area (Å²) in [6.07, 6.45) is 2.65. The molecule has 140 valence electrons. The first kappa shape index (κ1) is 19.3. The van der Waals surface area contributed by atoms with Crippen LogP contribution in [0, 0.1) is 5.92 Å². The van der Waals surface area contributed by atoms with Gasteiger partial charge in [0.15, 0.2) is 5.78 Å². The summed E-state index contributed by atoms with van der Waals surface area (Å²) >= 11 is 0. The summed E-state index contributed by atoms with van der Waals surface area (Å²) in [5.74, 6) is 0.138. The molecule has 3 aromatic carbocycles. The Labute approximate surface area is 162 Å². The lowest BCUT2D eigenvalue weighted by molar-refractivity contribution is -0.126. The van der Waals surface area contributed by atoms with Gasteiger partial charge in [0.25, 0.3) is 0 Å². The first-order chi connectivity index (χ1) is 13.2. The van der Waals surface area contributed by atoms with E-state index in [-0.39, 0.29) is 18.3 Å². The molecule has 0 fully saturated rings. The molecule has 0 radical (unpaired) electrons. The predicted octanol–water partition coefficient (Wildman–Crippen LogP) is 5.41. The lowest BCUT2D eigenvalue weighted by atomic mass is 9.95. The average Bonchev–Trinajstić information content (AvgIpc) is 2.71. The van der Waals surface area contributed by atoms with Crippen molar-refractivity contribution in [1.29, 1.82) is 0 Å². The molecule has 3 aromatic rings. The van der Waals surface area contributed by atoms with Gasteiger partial charge in [0.1, 0.15) is 6.61 Å². The summed E-state index contributed by atoms with van der Waals surface area (Å²) in [5, 5.41) is 2.45. The van der Waals surface area contributed by atoms with Crippen LogP contribution < -0.4 is 0 Å². The van der Waals surface area contributed by atoms with Crippen LogP contribution in [0.5, 0.6) is 0 Å². The van der Waals surface area contributed by atoms with Gasteiger partial charge >= 0.3 is 0 Å². The van der Waals surface area contributed by atoms with Crippen LogP contribution in [0.4, 0.5) is 0 Å². The van der Waals surface area contributed by atoms with Crippen LogP contribution in [0.15, 0.2) is 66.7 Å². The standard InChI is InChI=1S/C25H28O2/c1-3-20-8-10-21(11-9-20)14-15-27-18-25(26)19(2)16-22-12-13-23-6-4-5-7-24(23)17-22/h4-13,17,19H,3,14-16,18H2,1-2H3/t19-/m1/s1. The van der Waals surface area contributed by atoms with Crippen molar-refractivity contribution in [3.63, 3.8) is 0 Å². The Kier molecular flexibility index (Phi) is 6.78. The van der Waals surface area contributed by atoms with Gasteiger partial charge in [-0.1, -0.05) is 80.6 Å². The average molecular weight is 360 g/mol. The summed E-state index contributed by atoms with van der Waals surface area (Å²) in [6.45, 7) is 4.93. The number of ether oxygens (including phenoxy) is 1. The molecule has 1 atom stereocenters. The van der Waals surface area contributed by atoms with E-state index in [1.165, 1.54) is 27.5 Å². The minimum atomic E-state index is -0.0324. The lowest BCUT2D eigenvalue weighted by Crippen LogP contribution is -2.20. The van der Waals surface area contributed by atoms with E-state index in [9.17, 15) is 4.79 Å². The van der Waals surface area contributed by atoms with E-state index in [1.807, 2.05) is 19.1 Å². The second kappa shape index (κ2) is 9.48. The van der Waals surface area contributed by atoms with Crippen molar-refractivity contribution >= 4 is 16.6 Å². The van der Waals surface area contributed by atoms with Crippen LogP contribution in [-0.2, 0) is 28.8 Å². The van der Waals surface area contributed by atoms with Crippen LogP contribution in [0.3, 0.4) is 0 Å². The summed E-state index contributed by atoms with van der Waals surface area (Å²) in [6, 6.07) is 23.3. The Morgan fingerprint density at radius 1 is 0.889 bits per heavy atom. The molecule has 2 heteroatoms. The quantitative estimate of drug-likeness (QED) is 0.477. The molecule has 27 heavy (non-hydrogen) atoms. The fourth-order valence-electron chi connectivity index (χ4n) is 3.28. The molecule has 0 amide bonds. The van der Waals surface area contributed by atoms with E-state index in [2.05, 4.69) is 61.5 Å². The molecule has 0 spiro atoms. The van der Waals surface area contributed by atoms with Gasteiger partial charge in [0.2, 0.25) is 0 Å². The first-order valence-electron chi connectivity index (χ1n) is 9.81. The Morgan fingerprint density at radius 3 is 2.30 bits per heavy atom. The zero-order valence-electron chi connectivity index (χ0n) is 16.3. The highest BCUT2D eigenvalue weighted by Gasteiger charge is 2.14. The minimum absolute atomic E-state index is 0.0324. The topological polar surface area (TPSA) is 26.3 Å². The molecule has 3 rings (SSSR count). The Bertz CT molecular complexity index is 880. The van der Waals surface area contributed by atoms with Crippen molar-refractivity contribution in [3.8, 4) is 0 Å². The van der Waals surface area contributed by atoms with Crippen molar-refractivity contribution in [2.75, 3.05) is 13.2 Å². The highest BCUT2D eigenvalue weighted by Crippen LogP contribution is 2.18. The van der Waals surface area contributed by atoms with Crippen LogP contribution in [0.2, 0.25) is 0 Å². The number of ketones is 1. The Morgan fingerprint density at radius 2 is 1.56 bits per heavy atom. The number of Topliss-reactive ketones (excluding diaryl/α,β-unsaturated/α-hetero) is 1. The third kappa shape index (κ3) is 5.51. The number of aryl methyl sites for hydroxylation is 1. The van der Waals surface area contributed by atoms with E-state index >= 15 is 0 Å². The van der Waals surface area contributed by atoms with Gasteiger partial charge in [0, 0.05) is 5.92 Å². The van der Waals surface area contributed by atoms with Gasteiger partial charge in [0.05, 0.1) is 6.61 Å². The van der Waals surface area contributed by atoms with Gasteiger partial charge in [-0.05, 0) is 46.7 Å². The van der Waals surface area contributed by atoms with Crippen molar-refractivity contribution in [1.82, 2.24) is 0 Å². The van der Waals surface area contributed by atoms with Gasteiger partial charge in [-0.2, -0.15) is 0 Å².